The molecule has 5 nitrogen and oxygen atoms in total. The Bertz CT molecular complexity index is 384. The number of fused-ring (bicyclic) bond motifs is 1. The van der Waals surface area contributed by atoms with Gasteiger partial charge in [-0.3, -0.25) is 0 Å². The normalized spacial score (nSPS) is 13.9. The molecule has 5 heteroatoms. The van der Waals surface area contributed by atoms with E-state index < -0.39 is 0 Å². The third kappa shape index (κ3) is 4.10. The largest absolute Gasteiger partial charge is 0.487 e. The molecular formula is C15H23NO4. The minimum absolute atomic E-state index is 0.517. The van der Waals surface area contributed by atoms with Crippen molar-refractivity contribution in [2.24, 2.45) is 0 Å². The topological polar surface area (TPSA) is 49.0 Å². The SMILES string of the molecule is COCCOc1cc2c(cc1OCCOC)CNCC2. The second kappa shape index (κ2) is 8.09. The molecule has 0 saturated carbocycles. The monoisotopic (exact) mass is 281 g/mol. The minimum atomic E-state index is 0.517. The maximum absolute atomic E-state index is 5.76. The number of nitrogens with one attached hydrogen (secondary N) is 1. The molecule has 112 valence electrons. The highest BCUT2D eigenvalue weighted by Gasteiger charge is 2.15. The van der Waals surface area contributed by atoms with Crippen molar-refractivity contribution in [3.05, 3.63) is 23.3 Å². The van der Waals surface area contributed by atoms with Gasteiger partial charge in [0.25, 0.3) is 0 Å². The summed E-state index contributed by atoms with van der Waals surface area (Å²) >= 11 is 0. The highest BCUT2D eigenvalue weighted by Crippen LogP contribution is 2.32. The van der Waals surface area contributed by atoms with Crippen LogP contribution in [0.15, 0.2) is 12.1 Å². The fraction of sp³-hybridized carbons (Fsp3) is 0.600. The molecule has 1 aliphatic heterocycles. The molecular weight excluding hydrogens is 258 g/mol. The Morgan fingerprint density at radius 1 is 0.900 bits per heavy atom. The number of ether oxygens (including phenoxy) is 4. The molecule has 1 heterocycles. The highest BCUT2D eigenvalue weighted by atomic mass is 16.5. The average molecular weight is 281 g/mol. The van der Waals surface area contributed by atoms with Crippen molar-refractivity contribution in [1.82, 2.24) is 5.32 Å². The molecule has 1 N–H and O–H groups in total. The summed E-state index contributed by atoms with van der Waals surface area (Å²) in [6, 6.07) is 4.16. The standard InChI is InChI=1S/C15H23NO4/c1-17-5-7-19-14-9-12-3-4-16-11-13(12)10-15(14)20-8-6-18-2/h9-10,16H,3-8,11H2,1-2H3. The van der Waals surface area contributed by atoms with Crippen molar-refractivity contribution >= 4 is 0 Å². The van der Waals surface area contributed by atoms with E-state index in [1.54, 1.807) is 14.2 Å². The molecule has 0 aliphatic carbocycles. The van der Waals surface area contributed by atoms with Crippen LogP contribution < -0.4 is 14.8 Å². The molecule has 0 fully saturated rings. The molecule has 20 heavy (non-hydrogen) atoms. The van der Waals surface area contributed by atoms with Crippen LogP contribution in [0.25, 0.3) is 0 Å². The Hall–Kier alpha value is -1.30. The molecule has 0 amide bonds. The smallest absolute Gasteiger partial charge is 0.161 e. The fourth-order valence-corrected chi connectivity index (χ4v) is 2.18. The Balaban J connectivity index is 2.11. The van der Waals surface area contributed by atoms with E-state index in [2.05, 4.69) is 17.4 Å². The molecule has 2 rings (SSSR count). The summed E-state index contributed by atoms with van der Waals surface area (Å²) < 4.78 is 21.6. The first-order chi connectivity index (χ1) is 9.85. The maximum atomic E-state index is 5.76. The number of hydrogen-bond acceptors (Lipinski definition) is 5. The lowest BCUT2D eigenvalue weighted by Crippen LogP contribution is -2.23. The second-order valence-electron chi connectivity index (χ2n) is 4.68. The fourth-order valence-electron chi connectivity index (χ4n) is 2.18. The predicted molar refractivity (Wildman–Crippen MR) is 76.6 cm³/mol. The van der Waals surface area contributed by atoms with Gasteiger partial charge in [0.1, 0.15) is 13.2 Å². The Morgan fingerprint density at radius 3 is 2.10 bits per heavy atom. The third-order valence-corrected chi connectivity index (χ3v) is 3.24. The van der Waals surface area contributed by atoms with Crippen molar-refractivity contribution in [3.8, 4) is 11.5 Å². The quantitative estimate of drug-likeness (QED) is 0.730. The van der Waals surface area contributed by atoms with Crippen molar-refractivity contribution < 1.29 is 18.9 Å². The molecule has 0 saturated heterocycles. The van der Waals surface area contributed by atoms with Gasteiger partial charge in [0.05, 0.1) is 13.2 Å². The van der Waals surface area contributed by atoms with E-state index >= 15 is 0 Å². The van der Waals surface area contributed by atoms with Crippen molar-refractivity contribution in [3.63, 3.8) is 0 Å². The van der Waals surface area contributed by atoms with Crippen LogP contribution in [0.4, 0.5) is 0 Å². The molecule has 0 radical (unpaired) electrons. The van der Waals surface area contributed by atoms with Crippen LogP contribution in [0, 0.1) is 0 Å². The molecule has 0 atom stereocenters. The zero-order valence-electron chi connectivity index (χ0n) is 12.2. The van der Waals surface area contributed by atoms with E-state index in [9.17, 15) is 0 Å². The average Bonchev–Trinajstić information content (AvgIpc) is 2.48. The molecule has 0 spiro atoms. The summed E-state index contributed by atoms with van der Waals surface area (Å²) in [5.41, 5.74) is 2.61. The van der Waals surface area contributed by atoms with E-state index in [1.807, 2.05) is 0 Å². The lowest BCUT2D eigenvalue weighted by Gasteiger charge is -2.21. The van der Waals surface area contributed by atoms with E-state index in [4.69, 9.17) is 18.9 Å². The Morgan fingerprint density at radius 2 is 1.50 bits per heavy atom. The molecule has 1 aliphatic rings. The molecule has 0 unspecified atom stereocenters. The van der Waals surface area contributed by atoms with Gasteiger partial charge in [-0.2, -0.15) is 0 Å². The van der Waals surface area contributed by atoms with Crippen molar-refractivity contribution in [1.29, 1.82) is 0 Å². The zero-order chi connectivity index (χ0) is 14.2. The van der Waals surface area contributed by atoms with Gasteiger partial charge < -0.3 is 24.3 Å². The lowest BCUT2D eigenvalue weighted by atomic mass is 10.0. The number of rotatable bonds is 8. The van der Waals surface area contributed by atoms with Gasteiger partial charge in [0.15, 0.2) is 11.5 Å². The van der Waals surface area contributed by atoms with E-state index in [1.165, 1.54) is 11.1 Å². The minimum Gasteiger partial charge on any atom is -0.487 e. The van der Waals surface area contributed by atoms with Gasteiger partial charge in [-0.05, 0) is 36.2 Å². The van der Waals surface area contributed by atoms with Crippen LogP contribution in [0.2, 0.25) is 0 Å². The van der Waals surface area contributed by atoms with Crippen LogP contribution in [-0.4, -0.2) is 47.2 Å². The first kappa shape index (κ1) is 15.1. The summed E-state index contributed by atoms with van der Waals surface area (Å²) in [4.78, 5) is 0. The summed E-state index contributed by atoms with van der Waals surface area (Å²) in [6.07, 6.45) is 1.02. The van der Waals surface area contributed by atoms with E-state index in [0.717, 1.165) is 31.0 Å². The molecule has 0 bridgehead atoms. The Kier molecular flexibility index (Phi) is 6.11. The van der Waals surface area contributed by atoms with Gasteiger partial charge in [0.2, 0.25) is 0 Å². The highest BCUT2D eigenvalue weighted by molar-refractivity contribution is 5.48. The van der Waals surface area contributed by atoms with E-state index in [0.29, 0.717) is 26.4 Å². The Labute approximate surface area is 120 Å². The van der Waals surface area contributed by atoms with Crippen molar-refractivity contribution in [2.75, 3.05) is 47.2 Å². The summed E-state index contributed by atoms with van der Waals surface area (Å²) in [7, 11) is 3.33. The predicted octanol–water partition coefficient (Wildman–Crippen LogP) is 1.38. The first-order valence-electron chi connectivity index (χ1n) is 6.95. The van der Waals surface area contributed by atoms with Crippen molar-refractivity contribution in [2.45, 2.75) is 13.0 Å². The summed E-state index contributed by atoms with van der Waals surface area (Å²) in [6.45, 7) is 4.06. The van der Waals surface area contributed by atoms with Gasteiger partial charge >= 0.3 is 0 Å². The van der Waals surface area contributed by atoms with Crippen LogP contribution in [0.3, 0.4) is 0 Å². The zero-order valence-corrected chi connectivity index (χ0v) is 12.2. The van der Waals surface area contributed by atoms with Crippen LogP contribution in [0.5, 0.6) is 11.5 Å². The number of hydrogen-bond donors (Lipinski definition) is 1. The van der Waals surface area contributed by atoms with E-state index in [-0.39, 0.29) is 0 Å². The number of methoxy groups -OCH3 is 2. The van der Waals surface area contributed by atoms with Crippen LogP contribution >= 0.6 is 0 Å². The molecule has 0 aromatic heterocycles. The van der Waals surface area contributed by atoms with Gasteiger partial charge in [0, 0.05) is 20.8 Å². The second-order valence-corrected chi connectivity index (χ2v) is 4.68. The molecule has 1 aromatic carbocycles. The lowest BCUT2D eigenvalue weighted by molar-refractivity contribution is 0.132. The molecule has 1 aromatic rings. The van der Waals surface area contributed by atoms with Gasteiger partial charge in [-0.25, -0.2) is 0 Å². The van der Waals surface area contributed by atoms with Crippen LogP contribution in [0.1, 0.15) is 11.1 Å². The maximum Gasteiger partial charge on any atom is 0.161 e. The van der Waals surface area contributed by atoms with Crippen LogP contribution in [-0.2, 0) is 22.4 Å². The third-order valence-electron chi connectivity index (χ3n) is 3.24. The summed E-state index contributed by atoms with van der Waals surface area (Å²) in [5.74, 6) is 1.57. The number of benzene rings is 1. The van der Waals surface area contributed by atoms with Gasteiger partial charge in [-0.1, -0.05) is 0 Å². The van der Waals surface area contributed by atoms with Gasteiger partial charge in [-0.15, -0.1) is 0 Å². The summed E-state index contributed by atoms with van der Waals surface area (Å²) in [5, 5.41) is 3.37. The first-order valence-corrected chi connectivity index (χ1v) is 6.95.